The van der Waals surface area contributed by atoms with Crippen molar-refractivity contribution in [1.82, 2.24) is 29.8 Å². The van der Waals surface area contributed by atoms with Gasteiger partial charge in [0.25, 0.3) is 5.54 Å². The molecule has 214 valence electrons. The van der Waals surface area contributed by atoms with E-state index in [4.69, 9.17) is 11.3 Å². The normalized spacial score (nSPS) is 32.6. The summed E-state index contributed by atoms with van der Waals surface area (Å²) in [4.78, 5) is 40.1. The fraction of sp³-hybridized carbons (Fsp3) is 0.467. The highest BCUT2D eigenvalue weighted by Crippen LogP contribution is 2.64. The zero-order chi connectivity index (χ0) is 28.6. The minimum absolute atomic E-state index is 0.0841. The number of ether oxygens (including phenoxy) is 1. The molecule has 2 amide bonds. The summed E-state index contributed by atoms with van der Waals surface area (Å²) in [5.74, 6) is 0.526. The van der Waals surface area contributed by atoms with Gasteiger partial charge in [0, 0.05) is 49.7 Å². The molecule has 3 aromatic rings. The number of cyclic esters (lactones) is 1. The van der Waals surface area contributed by atoms with E-state index in [-0.39, 0.29) is 30.2 Å². The van der Waals surface area contributed by atoms with Crippen LogP contribution < -0.4 is 4.90 Å². The molecule has 0 N–H and O–H groups in total. The topological polar surface area (TPSA) is 101 Å². The Kier molecular flexibility index (Phi) is 5.63. The summed E-state index contributed by atoms with van der Waals surface area (Å²) >= 11 is 0. The van der Waals surface area contributed by atoms with Gasteiger partial charge < -0.3 is 19.4 Å². The second kappa shape index (κ2) is 9.32. The molecule has 5 aliphatic rings. The van der Waals surface area contributed by atoms with Crippen LogP contribution in [0.15, 0.2) is 48.9 Å². The number of benzene rings is 1. The highest BCUT2D eigenvalue weighted by molar-refractivity contribution is 5.90. The number of amides is 2. The van der Waals surface area contributed by atoms with Gasteiger partial charge in [-0.3, -0.25) is 14.7 Å². The molecule has 1 aromatic carbocycles. The van der Waals surface area contributed by atoms with Crippen molar-refractivity contribution in [3.8, 4) is 11.1 Å². The summed E-state index contributed by atoms with van der Waals surface area (Å²) in [6.07, 6.45) is 5.01. The number of likely N-dealkylation sites (tertiary alicyclic amines) is 1. The number of carbonyl (C=O) groups is 2. The van der Waals surface area contributed by atoms with Gasteiger partial charge in [-0.25, -0.2) is 20.4 Å². The molecule has 12 heteroatoms. The molecule has 7 atom stereocenters. The lowest BCUT2D eigenvalue weighted by atomic mass is 9.91. The molecular weight excluding hydrogens is 539 g/mol. The Balaban J connectivity index is 0.941. The summed E-state index contributed by atoms with van der Waals surface area (Å²) < 4.78 is 22.3. The lowest BCUT2D eigenvalue weighted by Gasteiger charge is -2.28. The predicted molar refractivity (Wildman–Crippen MR) is 147 cm³/mol. The summed E-state index contributed by atoms with van der Waals surface area (Å²) in [7, 11) is 0. The molecule has 6 heterocycles. The standard InChI is InChI=1S/C30H29FN8O3/c1-32-30(24-16-37(17-25(24)30)28(40)23-15-36-8-6-19(23)12-36)27-5-2-18(11-33-27)22-4-3-20(10-26(22)31)39-14-21(42-29(39)41)13-38-9-7-34-35-38/h2-5,7,9-11,19,21,23-25H,6,8,12-17H2/t19-,21+,23+,24-,25+,30?/m1/s1. The van der Waals surface area contributed by atoms with Gasteiger partial charge in [0.2, 0.25) is 5.91 Å². The minimum atomic E-state index is -0.714. The van der Waals surface area contributed by atoms with Gasteiger partial charge in [0.1, 0.15) is 17.6 Å². The second-order valence-electron chi connectivity index (χ2n) is 12.1. The zero-order valence-corrected chi connectivity index (χ0v) is 22.8. The van der Waals surface area contributed by atoms with Gasteiger partial charge in [-0.1, -0.05) is 11.3 Å². The third-order valence-electron chi connectivity index (χ3n) is 9.97. The van der Waals surface area contributed by atoms with Gasteiger partial charge in [-0.15, -0.1) is 5.10 Å². The molecule has 0 spiro atoms. The molecule has 1 saturated carbocycles. The SMILES string of the molecule is [C-]#[N+]C1(c2ccc(-c3ccc(N4C[C@H](Cn5ccnn5)OC4=O)cc3F)cn2)[C@@H]2CN(C(=O)[C@H]3CN4CC[C@@H]3C4)C[C@@H]21. The van der Waals surface area contributed by atoms with Gasteiger partial charge in [0.05, 0.1) is 42.7 Å². The lowest BCUT2D eigenvalue weighted by molar-refractivity contribution is -0.136. The number of hydrogen-bond acceptors (Lipinski definition) is 7. The number of aromatic nitrogens is 4. The maximum Gasteiger partial charge on any atom is 0.414 e. The number of piperidine rings is 2. The smallest absolute Gasteiger partial charge is 0.414 e. The minimum Gasteiger partial charge on any atom is -0.442 e. The summed E-state index contributed by atoms with van der Waals surface area (Å²) in [6, 6.07) is 8.27. The van der Waals surface area contributed by atoms with E-state index >= 15 is 4.39 Å². The van der Waals surface area contributed by atoms with Crippen LogP contribution in [0.25, 0.3) is 16.0 Å². The molecule has 8 rings (SSSR count). The van der Waals surface area contributed by atoms with E-state index < -0.39 is 23.6 Å². The molecule has 42 heavy (non-hydrogen) atoms. The first kappa shape index (κ1) is 25.3. The molecular formula is C30H29FN8O3. The van der Waals surface area contributed by atoms with Crippen molar-refractivity contribution in [3.63, 3.8) is 0 Å². The Hall–Kier alpha value is -4.37. The molecule has 4 saturated heterocycles. The number of rotatable bonds is 6. The molecule has 4 aliphatic heterocycles. The van der Waals surface area contributed by atoms with Crippen LogP contribution in [0.1, 0.15) is 12.1 Å². The van der Waals surface area contributed by atoms with Crippen molar-refractivity contribution in [1.29, 1.82) is 0 Å². The Labute approximate surface area is 241 Å². The van der Waals surface area contributed by atoms with Crippen molar-refractivity contribution < 1.29 is 18.7 Å². The van der Waals surface area contributed by atoms with E-state index in [0.29, 0.717) is 48.1 Å². The van der Waals surface area contributed by atoms with E-state index in [1.807, 2.05) is 11.0 Å². The van der Waals surface area contributed by atoms with Crippen molar-refractivity contribution in [2.75, 3.05) is 44.2 Å². The maximum atomic E-state index is 15.3. The van der Waals surface area contributed by atoms with E-state index in [1.165, 1.54) is 11.0 Å². The van der Waals surface area contributed by atoms with Gasteiger partial charge in [-0.2, -0.15) is 0 Å². The highest BCUT2D eigenvalue weighted by Gasteiger charge is 2.78. The summed E-state index contributed by atoms with van der Waals surface area (Å²) in [5.41, 5.74) is 1.33. The number of fused-ring (bicyclic) bond motifs is 3. The molecule has 5 fully saturated rings. The molecule has 2 unspecified atom stereocenters. The van der Waals surface area contributed by atoms with Gasteiger partial charge in [0.15, 0.2) is 0 Å². The number of nitrogens with zero attached hydrogens (tertiary/aromatic N) is 8. The Bertz CT molecular complexity index is 1590. The van der Waals surface area contributed by atoms with E-state index in [9.17, 15) is 9.59 Å². The predicted octanol–water partition coefficient (Wildman–Crippen LogP) is 2.66. The average molecular weight is 569 g/mol. The number of anilines is 1. The van der Waals surface area contributed by atoms with Crippen LogP contribution in [0.5, 0.6) is 0 Å². The van der Waals surface area contributed by atoms with Crippen LogP contribution in [-0.4, -0.2) is 87.2 Å². The molecule has 2 bridgehead atoms. The quantitative estimate of drug-likeness (QED) is 0.422. The van der Waals surface area contributed by atoms with Crippen LogP contribution in [0, 0.1) is 36.1 Å². The molecule has 2 aromatic heterocycles. The molecule has 1 aliphatic carbocycles. The molecule has 0 radical (unpaired) electrons. The summed E-state index contributed by atoms with van der Waals surface area (Å²) in [5, 5.41) is 7.65. The highest BCUT2D eigenvalue weighted by atomic mass is 19.1. The van der Waals surface area contributed by atoms with Crippen LogP contribution in [0.2, 0.25) is 0 Å². The monoisotopic (exact) mass is 568 g/mol. The van der Waals surface area contributed by atoms with E-state index in [2.05, 4.69) is 25.0 Å². The fourth-order valence-electron chi connectivity index (χ4n) is 7.75. The van der Waals surface area contributed by atoms with Gasteiger partial charge in [-0.05, 0) is 43.1 Å². The van der Waals surface area contributed by atoms with E-state index in [0.717, 1.165) is 26.1 Å². The first-order valence-electron chi connectivity index (χ1n) is 14.4. The van der Waals surface area contributed by atoms with Crippen LogP contribution >= 0.6 is 0 Å². The number of hydrogen-bond donors (Lipinski definition) is 0. The Morgan fingerprint density at radius 2 is 2.00 bits per heavy atom. The first-order valence-corrected chi connectivity index (χ1v) is 14.4. The second-order valence-corrected chi connectivity index (χ2v) is 12.1. The van der Waals surface area contributed by atoms with E-state index in [1.54, 1.807) is 41.5 Å². The summed E-state index contributed by atoms with van der Waals surface area (Å²) in [6.45, 7) is 12.9. The third kappa shape index (κ3) is 3.83. The van der Waals surface area contributed by atoms with Crippen LogP contribution in [0.4, 0.5) is 14.9 Å². The Morgan fingerprint density at radius 1 is 1.14 bits per heavy atom. The third-order valence-corrected chi connectivity index (χ3v) is 9.97. The van der Waals surface area contributed by atoms with Crippen molar-refractivity contribution in [2.24, 2.45) is 23.7 Å². The van der Waals surface area contributed by atoms with Crippen molar-refractivity contribution >= 4 is 17.7 Å². The maximum absolute atomic E-state index is 15.3. The van der Waals surface area contributed by atoms with Crippen molar-refractivity contribution in [3.05, 3.63) is 71.9 Å². The lowest BCUT2D eigenvalue weighted by Crippen LogP contribution is -2.42. The number of halogens is 1. The average Bonchev–Trinajstić information content (AvgIpc) is 3.74. The first-order chi connectivity index (χ1) is 20.4. The zero-order valence-electron chi connectivity index (χ0n) is 22.8. The van der Waals surface area contributed by atoms with Crippen LogP contribution in [-0.2, 0) is 21.6 Å². The fourth-order valence-corrected chi connectivity index (χ4v) is 7.75. The number of pyridine rings is 1. The number of carbonyl (C=O) groups excluding carboxylic acids is 2. The largest absolute Gasteiger partial charge is 0.442 e. The van der Waals surface area contributed by atoms with Crippen LogP contribution in [0.3, 0.4) is 0 Å². The van der Waals surface area contributed by atoms with Crippen molar-refractivity contribution in [2.45, 2.75) is 24.6 Å². The Morgan fingerprint density at radius 3 is 2.64 bits per heavy atom. The molecule has 11 nitrogen and oxygen atoms in total. The van der Waals surface area contributed by atoms with Gasteiger partial charge >= 0.3 is 6.09 Å².